The Labute approximate surface area is 126 Å². The van der Waals surface area contributed by atoms with Gasteiger partial charge < -0.3 is 0 Å². The molecule has 114 valence electrons. The first kappa shape index (κ1) is 15.8. The SMILES string of the molecule is O=C(COS(=O)(=O)c1ccccc1[N+](=O)[O-])c1ccccc1. The average Bonchev–Trinajstić information content (AvgIpc) is 2.53. The third kappa shape index (κ3) is 3.54. The van der Waals surface area contributed by atoms with Gasteiger partial charge in [-0.3, -0.25) is 19.1 Å². The molecule has 0 atom stereocenters. The Bertz CT molecular complexity index is 801. The molecule has 0 aromatic heterocycles. The summed E-state index contributed by atoms with van der Waals surface area (Å²) < 4.78 is 28.7. The first-order valence-corrected chi connectivity index (χ1v) is 7.54. The topological polar surface area (TPSA) is 104 Å². The predicted octanol–water partition coefficient (Wildman–Crippen LogP) is 2.18. The molecule has 0 unspecified atom stereocenters. The first-order chi connectivity index (χ1) is 10.4. The minimum Gasteiger partial charge on any atom is -0.291 e. The largest absolute Gasteiger partial charge is 0.304 e. The molecule has 2 aromatic rings. The van der Waals surface area contributed by atoms with E-state index in [0.717, 1.165) is 12.1 Å². The molecule has 0 spiro atoms. The van der Waals surface area contributed by atoms with Crippen molar-refractivity contribution in [2.24, 2.45) is 0 Å². The molecule has 0 saturated heterocycles. The van der Waals surface area contributed by atoms with Crippen LogP contribution in [0.5, 0.6) is 0 Å². The Morgan fingerprint density at radius 3 is 2.27 bits per heavy atom. The number of carbonyl (C=O) groups excluding carboxylic acids is 1. The molecular formula is C14H11NO6S. The summed E-state index contributed by atoms with van der Waals surface area (Å²) in [6, 6.07) is 12.8. The van der Waals surface area contributed by atoms with Crippen LogP contribution in [0, 0.1) is 10.1 Å². The quantitative estimate of drug-likeness (QED) is 0.349. The van der Waals surface area contributed by atoms with Crippen LogP contribution in [-0.4, -0.2) is 25.7 Å². The van der Waals surface area contributed by atoms with Crippen molar-refractivity contribution >= 4 is 21.6 Å². The predicted molar refractivity (Wildman–Crippen MR) is 77.0 cm³/mol. The number of carbonyl (C=O) groups is 1. The maximum Gasteiger partial charge on any atom is 0.304 e. The fourth-order valence-corrected chi connectivity index (χ4v) is 2.75. The molecule has 0 saturated carbocycles. The van der Waals surface area contributed by atoms with E-state index in [4.69, 9.17) is 0 Å². The van der Waals surface area contributed by atoms with Crippen molar-refractivity contribution in [1.82, 2.24) is 0 Å². The van der Waals surface area contributed by atoms with Gasteiger partial charge in [-0.2, -0.15) is 8.42 Å². The molecule has 0 amide bonds. The number of hydrogen-bond acceptors (Lipinski definition) is 6. The fourth-order valence-electron chi connectivity index (χ4n) is 1.72. The summed E-state index contributed by atoms with van der Waals surface area (Å²) in [6.45, 7) is -0.724. The number of nitro benzene ring substituents is 1. The molecule has 0 bridgehead atoms. The minimum atomic E-state index is -4.40. The molecular weight excluding hydrogens is 310 g/mol. The highest BCUT2D eigenvalue weighted by Crippen LogP contribution is 2.24. The maximum absolute atomic E-state index is 12.0. The van der Waals surface area contributed by atoms with Gasteiger partial charge in [0, 0.05) is 11.6 Å². The van der Waals surface area contributed by atoms with E-state index >= 15 is 0 Å². The normalized spacial score (nSPS) is 11.1. The molecule has 0 aliphatic heterocycles. The lowest BCUT2D eigenvalue weighted by Gasteiger charge is -2.05. The molecule has 22 heavy (non-hydrogen) atoms. The second-order valence-corrected chi connectivity index (χ2v) is 5.81. The van der Waals surface area contributed by atoms with E-state index in [9.17, 15) is 23.3 Å². The van der Waals surface area contributed by atoms with E-state index in [1.54, 1.807) is 18.2 Å². The summed E-state index contributed by atoms with van der Waals surface area (Å²) in [4.78, 5) is 21.3. The molecule has 2 rings (SSSR count). The summed E-state index contributed by atoms with van der Waals surface area (Å²) in [5.41, 5.74) is -0.310. The van der Waals surface area contributed by atoms with Crippen LogP contribution in [0.15, 0.2) is 59.5 Å². The Kier molecular flexibility index (Phi) is 4.64. The van der Waals surface area contributed by atoms with Crippen LogP contribution in [0.4, 0.5) is 5.69 Å². The van der Waals surface area contributed by atoms with Crippen molar-refractivity contribution in [3.05, 3.63) is 70.3 Å². The maximum atomic E-state index is 12.0. The lowest BCUT2D eigenvalue weighted by Crippen LogP contribution is -2.15. The van der Waals surface area contributed by atoms with Crippen molar-refractivity contribution in [3.63, 3.8) is 0 Å². The average molecular weight is 321 g/mol. The number of rotatable bonds is 6. The van der Waals surface area contributed by atoms with Crippen molar-refractivity contribution < 1.29 is 22.3 Å². The van der Waals surface area contributed by atoms with Crippen molar-refractivity contribution in [2.45, 2.75) is 4.90 Å². The highest BCUT2D eigenvalue weighted by atomic mass is 32.2. The standard InChI is InChI=1S/C14H11NO6S/c16-13(11-6-2-1-3-7-11)10-21-22(19,20)14-9-5-4-8-12(14)15(17)18/h1-9H,10H2. The van der Waals surface area contributed by atoms with Crippen LogP contribution in [0.1, 0.15) is 10.4 Å². The van der Waals surface area contributed by atoms with Gasteiger partial charge in [-0.25, -0.2) is 0 Å². The first-order valence-electron chi connectivity index (χ1n) is 6.13. The van der Waals surface area contributed by atoms with E-state index in [1.165, 1.54) is 24.3 Å². The molecule has 0 aliphatic rings. The lowest BCUT2D eigenvalue weighted by molar-refractivity contribution is -0.387. The number of Topliss-reactive ketones (excluding diaryl/α,β-unsaturated/α-hetero) is 1. The van der Waals surface area contributed by atoms with Crippen LogP contribution in [-0.2, 0) is 14.3 Å². The van der Waals surface area contributed by atoms with Gasteiger partial charge in [-0.05, 0) is 6.07 Å². The Morgan fingerprint density at radius 2 is 1.64 bits per heavy atom. The van der Waals surface area contributed by atoms with Gasteiger partial charge in [-0.1, -0.05) is 42.5 Å². The Balaban J connectivity index is 2.19. The molecule has 0 aliphatic carbocycles. The van der Waals surface area contributed by atoms with Crippen molar-refractivity contribution in [1.29, 1.82) is 0 Å². The Morgan fingerprint density at radius 1 is 1.05 bits per heavy atom. The summed E-state index contributed by atoms with van der Waals surface area (Å²) in [5, 5.41) is 10.8. The molecule has 7 nitrogen and oxygen atoms in total. The van der Waals surface area contributed by atoms with Gasteiger partial charge in [0.2, 0.25) is 0 Å². The van der Waals surface area contributed by atoms with Crippen molar-refractivity contribution in [3.8, 4) is 0 Å². The van der Waals surface area contributed by atoms with Gasteiger partial charge in [0.1, 0.15) is 6.61 Å². The summed E-state index contributed by atoms with van der Waals surface area (Å²) >= 11 is 0. The molecule has 8 heteroatoms. The van der Waals surface area contributed by atoms with Gasteiger partial charge in [0.15, 0.2) is 10.7 Å². The summed E-state index contributed by atoms with van der Waals surface area (Å²) in [7, 11) is -4.40. The molecule has 0 N–H and O–H groups in total. The van der Waals surface area contributed by atoms with E-state index in [0.29, 0.717) is 5.56 Å². The second kappa shape index (κ2) is 6.46. The smallest absolute Gasteiger partial charge is 0.291 e. The van der Waals surface area contributed by atoms with Crippen molar-refractivity contribution in [2.75, 3.05) is 6.61 Å². The molecule has 0 heterocycles. The molecule has 0 fully saturated rings. The number of nitro groups is 1. The lowest BCUT2D eigenvalue weighted by atomic mass is 10.1. The summed E-state index contributed by atoms with van der Waals surface area (Å²) in [5.74, 6) is -0.539. The summed E-state index contributed by atoms with van der Waals surface area (Å²) in [6.07, 6.45) is 0. The minimum absolute atomic E-state index is 0.292. The number of benzene rings is 2. The zero-order valence-electron chi connectivity index (χ0n) is 11.2. The highest BCUT2D eigenvalue weighted by molar-refractivity contribution is 7.87. The Hall–Kier alpha value is -2.58. The third-order valence-corrected chi connectivity index (χ3v) is 4.08. The number of hydrogen-bond donors (Lipinski definition) is 0. The zero-order valence-corrected chi connectivity index (χ0v) is 12.0. The van der Waals surface area contributed by atoms with Crippen LogP contribution >= 0.6 is 0 Å². The van der Waals surface area contributed by atoms with E-state index in [2.05, 4.69) is 4.18 Å². The number of nitrogens with zero attached hydrogens (tertiary/aromatic N) is 1. The van der Waals surface area contributed by atoms with Gasteiger partial charge >= 0.3 is 10.1 Å². The zero-order chi connectivity index (χ0) is 16.2. The fraction of sp³-hybridized carbons (Fsp3) is 0.0714. The van der Waals surface area contributed by atoms with E-state index < -0.39 is 38.0 Å². The molecule has 0 radical (unpaired) electrons. The van der Waals surface area contributed by atoms with Crippen LogP contribution in [0.2, 0.25) is 0 Å². The van der Waals surface area contributed by atoms with E-state index in [-0.39, 0.29) is 0 Å². The van der Waals surface area contributed by atoms with Crippen LogP contribution < -0.4 is 0 Å². The van der Waals surface area contributed by atoms with E-state index in [1.807, 2.05) is 0 Å². The third-order valence-electron chi connectivity index (χ3n) is 2.77. The van der Waals surface area contributed by atoms with Gasteiger partial charge in [0.25, 0.3) is 5.69 Å². The number of ketones is 1. The molecule has 2 aromatic carbocycles. The monoisotopic (exact) mass is 321 g/mol. The van der Waals surface area contributed by atoms with Crippen LogP contribution in [0.25, 0.3) is 0 Å². The highest BCUT2D eigenvalue weighted by Gasteiger charge is 2.26. The van der Waals surface area contributed by atoms with Gasteiger partial charge in [0.05, 0.1) is 4.92 Å². The van der Waals surface area contributed by atoms with Crippen LogP contribution in [0.3, 0.4) is 0 Å². The second-order valence-electron chi connectivity index (χ2n) is 4.23. The van der Waals surface area contributed by atoms with Gasteiger partial charge in [-0.15, -0.1) is 0 Å². The number of para-hydroxylation sites is 1.